The Bertz CT molecular complexity index is 681. The fourth-order valence-corrected chi connectivity index (χ4v) is 2.75. The monoisotopic (exact) mass is 311 g/mol. The maximum absolute atomic E-state index is 12.5. The second-order valence-corrected chi connectivity index (χ2v) is 5.51. The molecule has 0 unspecified atom stereocenters. The zero-order valence-corrected chi connectivity index (χ0v) is 13.3. The molecular weight excluding hydrogens is 290 g/mol. The lowest BCUT2D eigenvalue weighted by Crippen LogP contribution is -2.19. The predicted octanol–water partition coefficient (Wildman–Crippen LogP) is 3.33. The van der Waals surface area contributed by atoms with Crippen molar-refractivity contribution in [3.8, 4) is 5.75 Å². The number of hydrogen-bond acceptors (Lipinski definition) is 4. The fourth-order valence-electron chi connectivity index (χ4n) is 2.75. The van der Waals surface area contributed by atoms with Gasteiger partial charge >= 0.3 is 0 Å². The van der Waals surface area contributed by atoms with Gasteiger partial charge in [0.05, 0.1) is 29.7 Å². The van der Waals surface area contributed by atoms with Crippen molar-refractivity contribution in [1.29, 1.82) is 0 Å². The van der Waals surface area contributed by atoms with E-state index in [1.807, 2.05) is 43.5 Å². The Morgan fingerprint density at radius 2 is 2.04 bits per heavy atom. The summed E-state index contributed by atoms with van der Waals surface area (Å²) in [7, 11) is 0. The number of hydrogen-bond donors (Lipinski definition) is 1. The van der Waals surface area contributed by atoms with Crippen molar-refractivity contribution in [2.75, 3.05) is 29.9 Å². The van der Waals surface area contributed by atoms with Crippen molar-refractivity contribution in [1.82, 2.24) is 4.98 Å². The van der Waals surface area contributed by atoms with Crippen LogP contribution >= 0.6 is 0 Å². The molecule has 0 atom stereocenters. The molecule has 0 aliphatic carbocycles. The Kier molecular flexibility index (Phi) is 4.76. The molecule has 1 N–H and O–H groups in total. The van der Waals surface area contributed by atoms with Crippen LogP contribution in [0.1, 0.15) is 30.1 Å². The first kappa shape index (κ1) is 15.3. The summed E-state index contributed by atoms with van der Waals surface area (Å²) in [6.07, 6.45) is 5.80. The van der Waals surface area contributed by atoms with E-state index in [1.165, 1.54) is 12.8 Å². The SMILES string of the molecule is CCOc1ccccc1NC(=O)c1cncc(N2CCCC2)c1. The van der Waals surface area contributed by atoms with Crippen molar-refractivity contribution in [3.63, 3.8) is 0 Å². The summed E-state index contributed by atoms with van der Waals surface area (Å²) in [4.78, 5) is 19.0. The molecule has 2 heterocycles. The lowest BCUT2D eigenvalue weighted by atomic mass is 10.2. The van der Waals surface area contributed by atoms with Gasteiger partial charge in [-0.05, 0) is 38.0 Å². The molecular formula is C18H21N3O2. The highest BCUT2D eigenvalue weighted by molar-refractivity contribution is 6.05. The number of rotatable bonds is 5. The normalized spacial score (nSPS) is 13.9. The molecule has 0 bridgehead atoms. The summed E-state index contributed by atoms with van der Waals surface area (Å²) in [6.45, 7) is 4.53. The van der Waals surface area contributed by atoms with Crippen molar-refractivity contribution < 1.29 is 9.53 Å². The van der Waals surface area contributed by atoms with Crippen LogP contribution in [0.15, 0.2) is 42.7 Å². The van der Waals surface area contributed by atoms with Crippen molar-refractivity contribution >= 4 is 17.3 Å². The third kappa shape index (κ3) is 3.62. The van der Waals surface area contributed by atoms with E-state index in [1.54, 1.807) is 6.20 Å². The van der Waals surface area contributed by atoms with Gasteiger partial charge in [-0.25, -0.2) is 0 Å². The third-order valence-corrected chi connectivity index (χ3v) is 3.89. The number of nitrogens with zero attached hydrogens (tertiary/aromatic N) is 2. The number of benzene rings is 1. The van der Waals surface area contributed by atoms with Crippen molar-refractivity contribution in [2.24, 2.45) is 0 Å². The van der Waals surface area contributed by atoms with Crippen LogP contribution in [0.25, 0.3) is 0 Å². The molecule has 1 aliphatic rings. The molecule has 1 fully saturated rings. The van der Waals surface area contributed by atoms with Gasteiger partial charge in [-0.1, -0.05) is 12.1 Å². The number of pyridine rings is 1. The van der Waals surface area contributed by atoms with Gasteiger partial charge in [-0.3, -0.25) is 9.78 Å². The first-order chi connectivity index (χ1) is 11.3. The molecule has 5 nitrogen and oxygen atoms in total. The smallest absolute Gasteiger partial charge is 0.257 e. The van der Waals surface area contributed by atoms with E-state index in [-0.39, 0.29) is 5.91 Å². The topological polar surface area (TPSA) is 54.5 Å². The molecule has 1 saturated heterocycles. The van der Waals surface area contributed by atoms with E-state index in [4.69, 9.17) is 4.74 Å². The first-order valence-corrected chi connectivity index (χ1v) is 8.01. The van der Waals surface area contributed by atoms with Crippen LogP contribution in [0.4, 0.5) is 11.4 Å². The molecule has 120 valence electrons. The number of aromatic nitrogens is 1. The van der Waals surface area contributed by atoms with Gasteiger partial charge in [0.15, 0.2) is 0 Å². The largest absolute Gasteiger partial charge is 0.492 e. The molecule has 0 radical (unpaired) electrons. The first-order valence-electron chi connectivity index (χ1n) is 8.01. The van der Waals surface area contributed by atoms with E-state index < -0.39 is 0 Å². The molecule has 1 amide bonds. The minimum Gasteiger partial charge on any atom is -0.492 e. The maximum Gasteiger partial charge on any atom is 0.257 e. The fraction of sp³-hybridized carbons (Fsp3) is 0.333. The Hall–Kier alpha value is -2.56. The molecule has 0 saturated carbocycles. The molecule has 3 rings (SSSR count). The zero-order chi connectivity index (χ0) is 16.1. The van der Waals surface area contributed by atoms with Crippen LogP contribution in [-0.2, 0) is 0 Å². The standard InChI is InChI=1S/C18H21N3O2/c1-2-23-17-8-4-3-7-16(17)20-18(22)14-11-15(13-19-12-14)21-9-5-6-10-21/h3-4,7-8,11-13H,2,5-6,9-10H2,1H3,(H,20,22). The van der Waals surface area contributed by atoms with Crippen molar-refractivity contribution in [3.05, 3.63) is 48.3 Å². The van der Waals surface area contributed by atoms with Gasteiger partial charge < -0.3 is 15.0 Å². The molecule has 2 aromatic rings. The molecule has 0 spiro atoms. The Labute approximate surface area is 136 Å². The average molecular weight is 311 g/mol. The summed E-state index contributed by atoms with van der Waals surface area (Å²) in [6, 6.07) is 9.34. The Morgan fingerprint density at radius 1 is 1.26 bits per heavy atom. The third-order valence-electron chi connectivity index (χ3n) is 3.89. The summed E-state index contributed by atoms with van der Waals surface area (Å²) in [5.41, 5.74) is 2.24. The molecule has 5 heteroatoms. The maximum atomic E-state index is 12.5. The number of carbonyl (C=O) groups excluding carboxylic acids is 1. The average Bonchev–Trinajstić information content (AvgIpc) is 3.11. The highest BCUT2D eigenvalue weighted by Gasteiger charge is 2.15. The molecule has 23 heavy (non-hydrogen) atoms. The lowest BCUT2D eigenvalue weighted by Gasteiger charge is -2.17. The van der Waals surface area contributed by atoms with Gasteiger partial charge in [0.25, 0.3) is 5.91 Å². The van der Waals surface area contributed by atoms with Crippen LogP contribution in [0.3, 0.4) is 0 Å². The van der Waals surface area contributed by atoms with Gasteiger partial charge in [-0.2, -0.15) is 0 Å². The molecule has 1 aliphatic heterocycles. The number of nitrogens with one attached hydrogen (secondary N) is 1. The summed E-state index contributed by atoms with van der Waals surface area (Å²) >= 11 is 0. The summed E-state index contributed by atoms with van der Waals surface area (Å²) in [5.74, 6) is 0.498. The molecule has 1 aromatic heterocycles. The number of amides is 1. The van der Waals surface area contributed by atoms with Crippen molar-refractivity contribution in [2.45, 2.75) is 19.8 Å². The van der Waals surface area contributed by atoms with Crippen LogP contribution in [0.2, 0.25) is 0 Å². The highest BCUT2D eigenvalue weighted by Crippen LogP contribution is 2.25. The van der Waals surface area contributed by atoms with Gasteiger partial charge in [-0.15, -0.1) is 0 Å². The quantitative estimate of drug-likeness (QED) is 0.920. The summed E-state index contributed by atoms with van der Waals surface area (Å²) < 4.78 is 5.54. The van der Waals surface area contributed by atoms with E-state index in [0.29, 0.717) is 23.6 Å². The Balaban J connectivity index is 1.77. The van der Waals surface area contributed by atoms with Gasteiger partial charge in [0, 0.05) is 19.3 Å². The molecule has 1 aromatic carbocycles. The van der Waals surface area contributed by atoms with E-state index in [2.05, 4.69) is 15.2 Å². The summed E-state index contributed by atoms with van der Waals surface area (Å²) in [5, 5.41) is 2.91. The van der Waals surface area contributed by atoms with E-state index >= 15 is 0 Å². The lowest BCUT2D eigenvalue weighted by molar-refractivity contribution is 0.102. The van der Waals surface area contributed by atoms with Crippen LogP contribution in [-0.4, -0.2) is 30.6 Å². The van der Waals surface area contributed by atoms with E-state index in [9.17, 15) is 4.79 Å². The second-order valence-electron chi connectivity index (χ2n) is 5.51. The highest BCUT2D eigenvalue weighted by atomic mass is 16.5. The van der Waals surface area contributed by atoms with Crippen LogP contribution in [0, 0.1) is 0 Å². The minimum absolute atomic E-state index is 0.175. The number of ether oxygens (including phenoxy) is 1. The zero-order valence-electron chi connectivity index (χ0n) is 13.3. The van der Waals surface area contributed by atoms with Gasteiger partial charge in [0.1, 0.15) is 5.75 Å². The number of para-hydroxylation sites is 2. The number of anilines is 2. The van der Waals surface area contributed by atoms with Crippen LogP contribution in [0.5, 0.6) is 5.75 Å². The minimum atomic E-state index is -0.175. The Morgan fingerprint density at radius 3 is 2.83 bits per heavy atom. The van der Waals surface area contributed by atoms with E-state index in [0.717, 1.165) is 18.8 Å². The number of carbonyl (C=O) groups is 1. The van der Waals surface area contributed by atoms with Gasteiger partial charge in [0.2, 0.25) is 0 Å². The van der Waals surface area contributed by atoms with Crippen LogP contribution < -0.4 is 15.0 Å². The predicted molar refractivity (Wildman–Crippen MR) is 91.2 cm³/mol. The second kappa shape index (κ2) is 7.13.